The highest BCUT2D eigenvalue weighted by molar-refractivity contribution is 7.99. The number of nitrogens with zero attached hydrogens (tertiary/aromatic N) is 3. The molecule has 0 radical (unpaired) electrons. The topological polar surface area (TPSA) is 82.2 Å². The van der Waals surface area contributed by atoms with Gasteiger partial charge in [0.2, 0.25) is 5.91 Å². The van der Waals surface area contributed by atoms with Crippen molar-refractivity contribution in [2.75, 3.05) is 5.75 Å². The van der Waals surface area contributed by atoms with E-state index in [2.05, 4.69) is 15.5 Å². The molecule has 0 aliphatic heterocycles. The van der Waals surface area contributed by atoms with E-state index >= 15 is 0 Å². The normalized spacial score (nSPS) is 12.0. The number of hydrogen-bond donors (Lipinski definition) is 1. The number of carbonyl (C=O) groups is 1. The molecule has 1 amide bonds. The molecular weight excluding hydrogens is 400 g/mol. The molecule has 1 aromatic carbocycles. The van der Waals surface area contributed by atoms with E-state index in [1.54, 1.807) is 18.4 Å². The van der Waals surface area contributed by atoms with Gasteiger partial charge >= 0.3 is 0 Å². The molecule has 0 spiro atoms. The summed E-state index contributed by atoms with van der Waals surface area (Å²) >= 11 is 7.51. The van der Waals surface area contributed by atoms with Gasteiger partial charge in [0.25, 0.3) is 0 Å². The maximum absolute atomic E-state index is 12.0. The van der Waals surface area contributed by atoms with Gasteiger partial charge in [-0.1, -0.05) is 29.4 Å². The molecule has 3 rings (SSSR count). The van der Waals surface area contributed by atoms with E-state index < -0.39 is 0 Å². The van der Waals surface area contributed by atoms with Crippen LogP contribution in [0.5, 0.6) is 5.75 Å². The molecule has 0 fully saturated rings. The fraction of sp³-hybridized carbons (Fsp3) is 0.316. The molecule has 0 aliphatic carbocycles. The first kappa shape index (κ1) is 20.3. The van der Waals surface area contributed by atoms with E-state index in [0.29, 0.717) is 34.1 Å². The fourth-order valence-corrected chi connectivity index (χ4v) is 3.44. The average Bonchev–Trinajstić information content (AvgIpc) is 3.31. The number of furan rings is 1. The third kappa shape index (κ3) is 5.08. The third-order valence-corrected chi connectivity index (χ3v) is 5.33. The van der Waals surface area contributed by atoms with Crippen molar-refractivity contribution in [2.24, 2.45) is 7.05 Å². The van der Waals surface area contributed by atoms with Crippen LogP contribution in [0, 0.1) is 6.92 Å². The maximum atomic E-state index is 12.0. The van der Waals surface area contributed by atoms with Crippen LogP contribution in [0.4, 0.5) is 0 Å². The Labute approximate surface area is 172 Å². The van der Waals surface area contributed by atoms with E-state index in [4.69, 9.17) is 20.8 Å². The van der Waals surface area contributed by atoms with Gasteiger partial charge in [-0.3, -0.25) is 4.79 Å². The molecule has 3 aromatic rings. The second kappa shape index (κ2) is 9.16. The van der Waals surface area contributed by atoms with Crippen molar-refractivity contribution >= 4 is 29.3 Å². The van der Waals surface area contributed by atoms with Gasteiger partial charge in [0, 0.05) is 7.05 Å². The maximum Gasteiger partial charge on any atom is 0.230 e. The van der Waals surface area contributed by atoms with E-state index in [1.807, 2.05) is 43.7 Å². The van der Waals surface area contributed by atoms with Crippen LogP contribution in [-0.2, 0) is 18.4 Å². The molecule has 0 aliphatic rings. The molecule has 28 heavy (non-hydrogen) atoms. The molecule has 1 unspecified atom stereocenters. The van der Waals surface area contributed by atoms with Gasteiger partial charge in [-0.25, -0.2) is 0 Å². The van der Waals surface area contributed by atoms with E-state index in [9.17, 15) is 4.79 Å². The van der Waals surface area contributed by atoms with Gasteiger partial charge in [-0.05, 0) is 43.7 Å². The van der Waals surface area contributed by atoms with Crippen molar-refractivity contribution in [3.05, 3.63) is 58.8 Å². The highest BCUT2D eigenvalue weighted by Gasteiger charge is 2.19. The number of hydrogen-bond acceptors (Lipinski definition) is 6. The lowest BCUT2D eigenvalue weighted by Gasteiger charge is -2.15. The smallest absolute Gasteiger partial charge is 0.230 e. The minimum Gasteiger partial charge on any atom is -0.481 e. The number of rotatable bonds is 8. The van der Waals surface area contributed by atoms with Crippen molar-refractivity contribution in [1.29, 1.82) is 0 Å². The highest BCUT2D eigenvalue weighted by Crippen LogP contribution is 2.30. The number of nitrogens with one attached hydrogen (secondary N) is 1. The second-order valence-electron chi connectivity index (χ2n) is 6.24. The molecular formula is C19H21ClN4O3S. The third-order valence-electron chi connectivity index (χ3n) is 3.99. The minimum absolute atomic E-state index is 0.109. The van der Waals surface area contributed by atoms with Gasteiger partial charge < -0.3 is 19.0 Å². The predicted molar refractivity (Wildman–Crippen MR) is 108 cm³/mol. The van der Waals surface area contributed by atoms with Crippen LogP contribution in [0.25, 0.3) is 0 Å². The number of halogens is 1. The van der Waals surface area contributed by atoms with Crippen molar-refractivity contribution < 1.29 is 13.9 Å². The van der Waals surface area contributed by atoms with Gasteiger partial charge in [0.1, 0.15) is 11.5 Å². The molecule has 0 saturated heterocycles. The Bertz CT molecular complexity index is 943. The summed E-state index contributed by atoms with van der Waals surface area (Å²) in [6.45, 7) is 4.22. The Morgan fingerprint density at radius 1 is 1.39 bits per heavy atom. The summed E-state index contributed by atoms with van der Waals surface area (Å²) in [4.78, 5) is 12.0. The van der Waals surface area contributed by atoms with Crippen LogP contribution in [0.1, 0.15) is 30.2 Å². The standard InChI is InChI=1S/C19H21ClN4O3S/c1-12-6-7-15(20)16(9-12)27-13(2)18-22-23-19(24(18)3)28-11-17(25)21-10-14-5-4-8-26-14/h4-9,13H,10-11H2,1-3H3,(H,21,25). The Kier molecular flexibility index (Phi) is 6.64. The zero-order valence-electron chi connectivity index (χ0n) is 15.8. The molecule has 1 atom stereocenters. The summed E-state index contributed by atoms with van der Waals surface area (Å²) in [6, 6.07) is 9.20. The quantitative estimate of drug-likeness (QED) is 0.556. The number of aryl methyl sites for hydroxylation is 1. The summed E-state index contributed by atoms with van der Waals surface area (Å²) in [7, 11) is 1.84. The Hall–Kier alpha value is -2.45. The number of aromatic nitrogens is 3. The first-order valence-corrected chi connectivity index (χ1v) is 10.0. The molecule has 7 nitrogen and oxygen atoms in total. The lowest BCUT2D eigenvalue weighted by atomic mass is 10.2. The van der Waals surface area contributed by atoms with Gasteiger partial charge in [0.15, 0.2) is 17.1 Å². The van der Waals surface area contributed by atoms with Crippen molar-refractivity contribution in [3.63, 3.8) is 0 Å². The van der Waals surface area contributed by atoms with E-state index in [0.717, 1.165) is 5.56 Å². The molecule has 148 valence electrons. The molecule has 1 N–H and O–H groups in total. The van der Waals surface area contributed by atoms with Crippen molar-refractivity contribution in [1.82, 2.24) is 20.1 Å². The lowest BCUT2D eigenvalue weighted by molar-refractivity contribution is -0.118. The van der Waals surface area contributed by atoms with Gasteiger partial charge in [-0.15, -0.1) is 10.2 Å². The van der Waals surface area contributed by atoms with Crippen molar-refractivity contribution in [3.8, 4) is 5.75 Å². The Balaban J connectivity index is 1.56. The number of benzene rings is 1. The molecule has 0 bridgehead atoms. The minimum atomic E-state index is -0.348. The fourth-order valence-electron chi connectivity index (χ4n) is 2.53. The van der Waals surface area contributed by atoms with Crippen LogP contribution in [0.3, 0.4) is 0 Å². The largest absolute Gasteiger partial charge is 0.481 e. The summed E-state index contributed by atoms with van der Waals surface area (Å²) in [6.07, 6.45) is 1.23. The number of thioether (sulfide) groups is 1. The highest BCUT2D eigenvalue weighted by atomic mass is 35.5. The number of carbonyl (C=O) groups excluding carboxylic acids is 1. The number of ether oxygens (including phenoxy) is 1. The first-order valence-electron chi connectivity index (χ1n) is 8.68. The summed E-state index contributed by atoms with van der Waals surface area (Å²) < 4.78 is 13.0. The molecule has 2 aromatic heterocycles. The van der Waals surface area contributed by atoms with Gasteiger partial charge in [-0.2, -0.15) is 0 Å². The zero-order valence-corrected chi connectivity index (χ0v) is 17.4. The van der Waals surface area contributed by atoms with E-state index in [-0.39, 0.29) is 17.8 Å². The predicted octanol–water partition coefficient (Wildman–Crippen LogP) is 3.92. The Morgan fingerprint density at radius 2 is 2.21 bits per heavy atom. The monoisotopic (exact) mass is 420 g/mol. The SMILES string of the molecule is Cc1ccc(Cl)c(OC(C)c2nnc(SCC(=O)NCc3ccco3)n2C)c1. The van der Waals surface area contributed by atoms with Crippen LogP contribution in [0.15, 0.2) is 46.2 Å². The average molecular weight is 421 g/mol. The summed E-state index contributed by atoms with van der Waals surface area (Å²) in [5, 5.41) is 12.3. The zero-order chi connectivity index (χ0) is 20.1. The van der Waals surface area contributed by atoms with Crippen LogP contribution in [-0.4, -0.2) is 26.4 Å². The first-order chi connectivity index (χ1) is 13.4. The summed E-state index contributed by atoms with van der Waals surface area (Å²) in [5.41, 5.74) is 1.06. The molecule has 2 heterocycles. The van der Waals surface area contributed by atoms with Gasteiger partial charge in [0.05, 0.1) is 23.6 Å². The van der Waals surface area contributed by atoms with Crippen LogP contribution >= 0.6 is 23.4 Å². The Morgan fingerprint density at radius 3 is 2.96 bits per heavy atom. The van der Waals surface area contributed by atoms with Crippen LogP contribution in [0.2, 0.25) is 5.02 Å². The second-order valence-corrected chi connectivity index (χ2v) is 7.59. The van der Waals surface area contributed by atoms with E-state index in [1.165, 1.54) is 11.8 Å². The molecule has 0 saturated carbocycles. The van der Waals surface area contributed by atoms with Crippen molar-refractivity contribution in [2.45, 2.75) is 31.7 Å². The van der Waals surface area contributed by atoms with Crippen LogP contribution < -0.4 is 10.1 Å². The molecule has 9 heteroatoms. The summed E-state index contributed by atoms with van der Waals surface area (Å²) in [5.74, 6) is 2.08. The lowest BCUT2D eigenvalue weighted by Crippen LogP contribution is -2.24. The number of amides is 1.